The van der Waals surface area contributed by atoms with E-state index in [1.54, 1.807) is 18.5 Å². The predicted octanol–water partition coefficient (Wildman–Crippen LogP) is 2.74. The highest BCUT2D eigenvalue weighted by Crippen LogP contribution is 2.22. The topological polar surface area (TPSA) is 49.6 Å². The fraction of sp³-hybridized carbons (Fsp3) is 0.0833. The first-order valence-corrected chi connectivity index (χ1v) is 5.93. The van der Waals surface area contributed by atoms with Crippen molar-refractivity contribution in [3.63, 3.8) is 0 Å². The second-order valence-electron chi connectivity index (χ2n) is 3.10. The van der Waals surface area contributed by atoms with Crippen molar-refractivity contribution in [1.29, 1.82) is 5.26 Å². The Morgan fingerprint density at radius 2 is 1.94 bits per heavy atom. The zero-order valence-electron chi connectivity index (χ0n) is 8.71. The molecule has 78 valence electrons. The Balaban J connectivity index is 2.49. The summed E-state index contributed by atoms with van der Waals surface area (Å²) in [5.74, 6) is 0. The summed E-state index contributed by atoms with van der Waals surface area (Å²) in [6, 6.07) is 9.59. The van der Waals surface area contributed by atoms with Crippen LogP contribution in [0.25, 0.3) is 11.3 Å². The van der Waals surface area contributed by atoms with Crippen molar-refractivity contribution in [2.24, 2.45) is 0 Å². The van der Waals surface area contributed by atoms with Crippen LogP contribution < -0.4 is 0 Å². The van der Waals surface area contributed by atoms with Gasteiger partial charge in [-0.15, -0.1) is 11.8 Å². The van der Waals surface area contributed by atoms with Gasteiger partial charge in [-0.3, -0.25) is 4.98 Å². The molecule has 0 aliphatic heterocycles. The van der Waals surface area contributed by atoms with Crippen LogP contribution in [-0.4, -0.2) is 16.2 Å². The minimum Gasteiger partial charge on any atom is -0.265 e. The fourth-order valence-corrected chi connectivity index (χ4v) is 1.89. The first kappa shape index (κ1) is 10.7. The van der Waals surface area contributed by atoms with Crippen molar-refractivity contribution < 1.29 is 0 Å². The van der Waals surface area contributed by atoms with E-state index >= 15 is 0 Å². The fourth-order valence-electron chi connectivity index (χ4n) is 1.36. The standard InChI is InChI=1S/C12H9N3S/c1-16-12-10(8-13)2-3-11(15-12)9-4-6-14-7-5-9/h2-7H,1H3. The van der Waals surface area contributed by atoms with Gasteiger partial charge in [-0.2, -0.15) is 5.26 Å². The van der Waals surface area contributed by atoms with Gasteiger partial charge in [-0.1, -0.05) is 0 Å². The molecule has 0 aliphatic carbocycles. The van der Waals surface area contributed by atoms with Gasteiger partial charge >= 0.3 is 0 Å². The third-order valence-corrected chi connectivity index (χ3v) is 2.85. The van der Waals surface area contributed by atoms with E-state index < -0.39 is 0 Å². The molecule has 0 saturated heterocycles. The minimum absolute atomic E-state index is 0.616. The van der Waals surface area contributed by atoms with Crippen molar-refractivity contribution in [2.45, 2.75) is 5.03 Å². The summed E-state index contributed by atoms with van der Waals surface area (Å²) in [6.07, 6.45) is 5.38. The van der Waals surface area contributed by atoms with Crippen LogP contribution in [0.1, 0.15) is 5.56 Å². The van der Waals surface area contributed by atoms with Crippen LogP contribution >= 0.6 is 11.8 Å². The van der Waals surface area contributed by atoms with Crippen LogP contribution in [0.2, 0.25) is 0 Å². The lowest BCUT2D eigenvalue weighted by Gasteiger charge is -2.03. The summed E-state index contributed by atoms with van der Waals surface area (Å²) in [4.78, 5) is 8.41. The van der Waals surface area contributed by atoms with E-state index in [2.05, 4.69) is 16.0 Å². The molecule has 0 aromatic carbocycles. The summed E-state index contributed by atoms with van der Waals surface area (Å²) in [7, 11) is 0. The Labute approximate surface area is 98.2 Å². The Kier molecular flexibility index (Phi) is 3.18. The molecule has 0 fully saturated rings. The van der Waals surface area contributed by atoms with E-state index in [1.165, 1.54) is 11.8 Å². The zero-order chi connectivity index (χ0) is 11.4. The van der Waals surface area contributed by atoms with Crippen molar-refractivity contribution in [3.05, 3.63) is 42.2 Å². The number of hydrogen-bond acceptors (Lipinski definition) is 4. The number of pyridine rings is 2. The van der Waals surface area contributed by atoms with Gasteiger partial charge in [-0.25, -0.2) is 4.98 Å². The molecule has 2 heterocycles. The van der Waals surface area contributed by atoms with Crippen molar-refractivity contribution in [1.82, 2.24) is 9.97 Å². The van der Waals surface area contributed by atoms with E-state index in [4.69, 9.17) is 5.26 Å². The van der Waals surface area contributed by atoms with Crippen LogP contribution in [0.4, 0.5) is 0 Å². The van der Waals surface area contributed by atoms with Gasteiger partial charge in [-0.05, 0) is 30.5 Å². The van der Waals surface area contributed by atoms with Gasteiger partial charge < -0.3 is 0 Å². The molecule has 0 radical (unpaired) electrons. The molecule has 0 unspecified atom stereocenters. The highest BCUT2D eigenvalue weighted by atomic mass is 32.2. The summed E-state index contributed by atoms with van der Waals surface area (Å²) in [6.45, 7) is 0. The lowest BCUT2D eigenvalue weighted by molar-refractivity contribution is 1.12. The predicted molar refractivity (Wildman–Crippen MR) is 64.0 cm³/mol. The van der Waals surface area contributed by atoms with Gasteiger partial charge in [0.15, 0.2) is 0 Å². The smallest absolute Gasteiger partial charge is 0.114 e. The molecule has 2 rings (SSSR count). The first-order valence-electron chi connectivity index (χ1n) is 4.70. The van der Waals surface area contributed by atoms with E-state index in [0.717, 1.165) is 16.3 Å². The van der Waals surface area contributed by atoms with Gasteiger partial charge in [0.2, 0.25) is 0 Å². The second kappa shape index (κ2) is 4.77. The monoisotopic (exact) mass is 227 g/mol. The van der Waals surface area contributed by atoms with Gasteiger partial charge in [0.05, 0.1) is 11.3 Å². The van der Waals surface area contributed by atoms with Gasteiger partial charge in [0.1, 0.15) is 11.1 Å². The molecule has 0 N–H and O–H groups in total. The number of thioether (sulfide) groups is 1. The Bertz CT molecular complexity index is 532. The maximum Gasteiger partial charge on any atom is 0.114 e. The lowest BCUT2D eigenvalue weighted by Crippen LogP contribution is -1.90. The second-order valence-corrected chi connectivity index (χ2v) is 3.90. The van der Waals surface area contributed by atoms with Crippen LogP contribution in [0.5, 0.6) is 0 Å². The van der Waals surface area contributed by atoms with E-state index in [1.807, 2.05) is 24.5 Å². The van der Waals surface area contributed by atoms with Gasteiger partial charge in [0, 0.05) is 18.0 Å². The molecule has 16 heavy (non-hydrogen) atoms. The van der Waals surface area contributed by atoms with Crippen LogP contribution in [0.3, 0.4) is 0 Å². The van der Waals surface area contributed by atoms with Crippen molar-refractivity contribution in [2.75, 3.05) is 6.26 Å². The average Bonchev–Trinajstić information content (AvgIpc) is 2.39. The normalized spacial score (nSPS) is 9.75. The molecule has 0 amide bonds. The summed E-state index contributed by atoms with van der Waals surface area (Å²) in [5, 5.41) is 9.66. The number of hydrogen-bond donors (Lipinski definition) is 0. The number of nitrogens with zero attached hydrogens (tertiary/aromatic N) is 3. The zero-order valence-corrected chi connectivity index (χ0v) is 9.53. The number of aromatic nitrogens is 2. The quantitative estimate of drug-likeness (QED) is 0.740. The SMILES string of the molecule is CSc1nc(-c2ccncc2)ccc1C#N. The van der Waals surface area contributed by atoms with Crippen LogP contribution in [-0.2, 0) is 0 Å². The van der Waals surface area contributed by atoms with E-state index in [0.29, 0.717) is 5.56 Å². The Hall–Kier alpha value is -1.86. The molecule has 0 bridgehead atoms. The first-order chi connectivity index (χ1) is 7.85. The highest BCUT2D eigenvalue weighted by Gasteiger charge is 2.05. The van der Waals surface area contributed by atoms with Crippen molar-refractivity contribution in [3.8, 4) is 17.3 Å². The molecule has 0 spiro atoms. The summed E-state index contributed by atoms with van der Waals surface area (Å²) >= 11 is 1.48. The molecule has 0 aliphatic rings. The molecule has 0 atom stereocenters. The summed E-state index contributed by atoms with van der Waals surface area (Å²) < 4.78 is 0. The molecular weight excluding hydrogens is 218 g/mol. The van der Waals surface area contributed by atoms with Crippen LogP contribution in [0.15, 0.2) is 41.7 Å². The van der Waals surface area contributed by atoms with E-state index in [-0.39, 0.29) is 0 Å². The average molecular weight is 227 g/mol. The van der Waals surface area contributed by atoms with E-state index in [9.17, 15) is 0 Å². The maximum absolute atomic E-state index is 8.90. The number of nitriles is 1. The Morgan fingerprint density at radius 3 is 2.56 bits per heavy atom. The third kappa shape index (κ3) is 2.05. The third-order valence-electron chi connectivity index (χ3n) is 2.15. The highest BCUT2D eigenvalue weighted by molar-refractivity contribution is 7.98. The molecule has 2 aromatic rings. The molecule has 3 nitrogen and oxygen atoms in total. The number of rotatable bonds is 2. The van der Waals surface area contributed by atoms with Gasteiger partial charge in [0.25, 0.3) is 0 Å². The summed E-state index contributed by atoms with van der Waals surface area (Å²) in [5.41, 5.74) is 2.49. The molecule has 0 saturated carbocycles. The molecular formula is C12H9N3S. The lowest BCUT2D eigenvalue weighted by atomic mass is 10.1. The Morgan fingerprint density at radius 1 is 1.19 bits per heavy atom. The molecule has 2 aromatic heterocycles. The molecule has 4 heteroatoms. The largest absolute Gasteiger partial charge is 0.265 e. The van der Waals surface area contributed by atoms with Crippen LogP contribution in [0, 0.1) is 11.3 Å². The van der Waals surface area contributed by atoms with Crippen molar-refractivity contribution >= 4 is 11.8 Å². The minimum atomic E-state index is 0.616. The maximum atomic E-state index is 8.90.